The minimum absolute atomic E-state index is 0.00398. The number of likely N-dealkylation sites (N-methyl/N-ethyl adjacent to an activating group) is 15. The van der Waals surface area contributed by atoms with Crippen LogP contribution in [0.4, 0.5) is 28.8 Å². The molecule has 24 amide bonds. The summed E-state index contributed by atoms with van der Waals surface area (Å²) in [5, 5.41) is 0. The lowest BCUT2D eigenvalue weighted by Gasteiger charge is -2.34. The Morgan fingerprint density at radius 2 is 0.496 bits per heavy atom. The number of barbiturate groups is 6. The molecule has 0 saturated carbocycles. The number of ether oxygens (including phenoxy) is 6. The first-order valence-electron chi connectivity index (χ1n) is 41.5. The SMILES string of the molecule is CC(C)N1/C(=C\C=C2C(=O)N(C)C(=O)N(C)C2=O)OCC1(C)C.CCCN1C(=O)C(=C/C=C2/OCC(C)(C)N2C)C(=O)N(CCC)C1=O.CCN1CCO/C1=C/C=C1C(=O)N(C)C(=O)N(C)C1=O.CN1C(=O)C(=C/C=C2/OCC(C)(C)N2C)C(=O)N(C)C1=O.CN1C(=O)C(=C/C=C2/OCC(C)(C)N2C)C(=O)N(C)C1=O.CN1C(=O)C(=C/C=C2/OCCN2C)C(=O)N(C)C1=O. The molecule has 12 aliphatic rings. The van der Waals surface area contributed by atoms with Crippen LogP contribution in [0.15, 0.2) is 142 Å². The van der Waals surface area contributed by atoms with E-state index in [9.17, 15) is 86.3 Å². The number of hydrogen-bond acceptors (Lipinski definition) is 30. The Morgan fingerprint density at radius 3 is 0.729 bits per heavy atom. The van der Waals surface area contributed by atoms with Crippen molar-refractivity contribution in [1.29, 1.82) is 0 Å². The fourth-order valence-corrected chi connectivity index (χ4v) is 13.7. The van der Waals surface area contributed by atoms with Crippen LogP contribution in [0.2, 0.25) is 0 Å². The highest BCUT2D eigenvalue weighted by atomic mass is 16.5. The minimum atomic E-state index is -0.634. The molecule has 12 saturated heterocycles. The van der Waals surface area contributed by atoms with E-state index in [-0.39, 0.29) is 61.6 Å². The quantitative estimate of drug-likeness (QED) is 0.192. The van der Waals surface area contributed by atoms with Crippen LogP contribution in [0.1, 0.15) is 103 Å². The van der Waals surface area contributed by atoms with Crippen LogP contribution in [0.25, 0.3) is 0 Å². The Balaban J connectivity index is 0.000000212. The van der Waals surface area contributed by atoms with Gasteiger partial charge in [-0.05, 0) is 162 Å². The lowest BCUT2D eigenvalue weighted by atomic mass is 10.0. The molecular formula is C87H120N18O24. The summed E-state index contributed by atoms with van der Waals surface area (Å²) in [7, 11) is 21.0. The second kappa shape index (κ2) is 41.3. The highest BCUT2D eigenvalue weighted by Crippen LogP contribution is 2.35. The van der Waals surface area contributed by atoms with Crippen molar-refractivity contribution in [2.75, 3.05) is 171 Å². The van der Waals surface area contributed by atoms with E-state index in [1.807, 2.05) is 115 Å². The third-order valence-electron chi connectivity index (χ3n) is 22.7. The lowest BCUT2D eigenvalue weighted by molar-refractivity contribution is -0.137. The van der Waals surface area contributed by atoms with Crippen molar-refractivity contribution in [2.24, 2.45) is 0 Å². The molecule has 42 nitrogen and oxygen atoms in total. The van der Waals surface area contributed by atoms with Crippen LogP contribution in [0, 0.1) is 0 Å². The average Bonchev–Trinajstić information content (AvgIpc) is 1.27. The Bertz CT molecular complexity index is 4750. The molecule has 702 valence electrons. The van der Waals surface area contributed by atoms with E-state index >= 15 is 0 Å². The molecule has 12 fully saturated rings. The number of carbonyl (C=O) groups excluding carboxylic acids is 18. The molecule has 0 N–H and O–H groups in total. The summed E-state index contributed by atoms with van der Waals surface area (Å²) in [5.74, 6) is -3.57. The predicted molar refractivity (Wildman–Crippen MR) is 463 cm³/mol. The van der Waals surface area contributed by atoms with Crippen LogP contribution in [0.3, 0.4) is 0 Å². The first kappa shape index (κ1) is 102. The number of carbonyl (C=O) groups is 18. The summed E-state index contributed by atoms with van der Waals surface area (Å²) >= 11 is 0. The molecule has 12 rings (SSSR count). The van der Waals surface area contributed by atoms with Crippen LogP contribution in [-0.2, 0) is 86.0 Å². The zero-order valence-electron chi connectivity index (χ0n) is 78.5. The van der Waals surface area contributed by atoms with Crippen LogP contribution in [0.5, 0.6) is 0 Å². The Hall–Kier alpha value is -13.9. The molecule has 0 bridgehead atoms. The molecule has 129 heavy (non-hydrogen) atoms. The Morgan fingerprint density at radius 1 is 0.271 bits per heavy atom. The van der Waals surface area contributed by atoms with Crippen molar-refractivity contribution in [3.63, 3.8) is 0 Å². The topological polar surface area (TPSA) is 421 Å². The average molecular weight is 1800 g/mol. The maximum atomic E-state index is 12.6. The summed E-state index contributed by atoms with van der Waals surface area (Å²) in [6, 6.07) is -3.48. The van der Waals surface area contributed by atoms with Crippen molar-refractivity contribution < 1.29 is 115 Å². The summed E-state index contributed by atoms with van der Waals surface area (Å²) in [4.78, 5) is 239. The molecular weight excluding hydrogens is 1680 g/mol. The standard InChI is InChI=1S/C18H27N3O4.C16H23N3O4.2C14H19N3O4.C13H17N3O4.C12H15N3O4/c1-6-10-20-15(22)13(16(23)21(11-7-2)17(20)24)8-9-14-19(5)18(3,4)12-25-14;1-10(2)19-12(23-9-16(19,3)4)8-7-11-13(20)17(5)15(22)18(6)14(11)21;2*1-14(2)8-21-10(17(14)5)7-6-9-11(18)15(3)13(20)16(4)12(9)19;1-4-16-7-8-20-10(16)6-5-9-11(17)14(2)13(19)15(3)12(9)18;1-13-6-7-19-9(13)5-4-8-10(16)14(2)12(18)15(3)11(8)17/h8-9H,6-7,10-12H2,1-5H3;7-8,10H,9H2,1-6H3;2*6-7H,8H2,1-5H3;5-6H,4,7-8H2,1-3H3;4-5H,6-7H2,1-3H3/b14-9+;12-8+;2*10-7+;10-6+;9-5+. The number of nitrogens with zero attached hydrogens (tertiary/aromatic N) is 18. The van der Waals surface area contributed by atoms with Crippen LogP contribution in [-0.4, -0.2) is 395 Å². The Kier molecular flexibility index (Phi) is 32.7. The second-order valence-corrected chi connectivity index (χ2v) is 34.0. The van der Waals surface area contributed by atoms with Crippen molar-refractivity contribution in [3.05, 3.63) is 142 Å². The lowest BCUT2D eigenvalue weighted by Crippen LogP contribution is -2.56. The molecule has 0 aromatic heterocycles. The first-order chi connectivity index (χ1) is 60.0. The van der Waals surface area contributed by atoms with E-state index in [0.717, 1.165) is 78.4 Å². The van der Waals surface area contributed by atoms with Gasteiger partial charge < -0.3 is 57.8 Å². The van der Waals surface area contributed by atoms with E-state index in [2.05, 4.69) is 32.6 Å². The highest BCUT2D eigenvalue weighted by Gasteiger charge is 2.47. The van der Waals surface area contributed by atoms with E-state index in [1.54, 1.807) is 36.5 Å². The zero-order chi connectivity index (χ0) is 97.2. The molecule has 0 aromatic rings. The molecule has 0 atom stereocenters. The van der Waals surface area contributed by atoms with Gasteiger partial charge in [0.1, 0.15) is 73.1 Å². The van der Waals surface area contributed by atoms with Gasteiger partial charge in [0.15, 0.2) is 35.3 Å². The van der Waals surface area contributed by atoms with Crippen molar-refractivity contribution in [1.82, 2.24) is 88.2 Å². The van der Waals surface area contributed by atoms with E-state index in [1.165, 1.54) is 107 Å². The van der Waals surface area contributed by atoms with Crippen molar-refractivity contribution >= 4 is 107 Å². The maximum Gasteiger partial charge on any atom is 0.333 e. The van der Waals surface area contributed by atoms with Gasteiger partial charge in [0.25, 0.3) is 70.9 Å². The van der Waals surface area contributed by atoms with Gasteiger partial charge in [-0.2, -0.15) is 0 Å². The number of urea groups is 6. The zero-order valence-corrected chi connectivity index (χ0v) is 78.5. The number of hydrogen-bond donors (Lipinski definition) is 0. The molecule has 0 spiro atoms. The molecule has 0 unspecified atom stereocenters. The van der Waals surface area contributed by atoms with Gasteiger partial charge in [-0.1, -0.05) is 13.8 Å². The minimum Gasteiger partial charge on any atom is -0.477 e. The van der Waals surface area contributed by atoms with E-state index in [4.69, 9.17) is 28.4 Å². The summed E-state index contributed by atoms with van der Waals surface area (Å²) in [6.45, 7) is 32.4. The van der Waals surface area contributed by atoms with Crippen LogP contribution >= 0.6 is 0 Å². The molecule has 0 aliphatic carbocycles. The summed E-state index contributed by atoms with van der Waals surface area (Å²) in [5.41, 5.74) is -0.887. The van der Waals surface area contributed by atoms with Gasteiger partial charge in [0.2, 0.25) is 0 Å². The van der Waals surface area contributed by atoms with Gasteiger partial charge in [0.05, 0.1) is 35.2 Å². The molecule has 42 heteroatoms. The predicted octanol–water partition coefficient (Wildman–Crippen LogP) is 4.44. The maximum absolute atomic E-state index is 12.6. The molecule has 12 aliphatic heterocycles. The van der Waals surface area contributed by atoms with Crippen molar-refractivity contribution in [3.8, 4) is 0 Å². The normalized spacial score (nSPS) is 23.0. The third kappa shape index (κ3) is 21.9. The second-order valence-electron chi connectivity index (χ2n) is 34.0. The molecule has 0 radical (unpaired) electrons. The first-order valence-corrected chi connectivity index (χ1v) is 41.5. The molecule has 0 aromatic carbocycles. The smallest absolute Gasteiger partial charge is 0.333 e. The van der Waals surface area contributed by atoms with E-state index < -0.39 is 107 Å². The summed E-state index contributed by atoms with van der Waals surface area (Å²) < 4.78 is 33.2. The number of rotatable bonds is 12. The number of allylic oxidation sites excluding steroid dienone is 12. The monoisotopic (exact) mass is 1800 g/mol. The molecule has 12 heterocycles. The highest BCUT2D eigenvalue weighted by molar-refractivity contribution is 6.32. The Labute approximate surface area is 750 Å². The van der Waals surface area contributed by atoms with Gasteiger partial charge >= 0.3 is 36.2 Å². The van der Waals surface area contributed by atoms with Gasteiger partial charge in [0, 0.05) is 124 Å². The van der Waals surface area contributed by atoms with Gasteiger partial charge in [-0.15, -0.1) is 0 Å². The van der Waals surface area contributed by atoms with Gasteiger partial charge in [-0.25, -0.2) is 28.8 Å². The number of amides is 24. The van der Waals surface area contributed by atoms with Crippen LogP contribution < -0.4 is 0 Å². The van der Waals surface area contributed by atoms with Crippen molar-refractivity contribution in [2.45, 2.75) is 131 Å². The third-order valence-corrected chi connectivity index (χ3v) is 22.7. The van der Waals surface area contributed by atoms with Gasteiger partial charge in [-0.3, -0.25) is 116 Å². The number of imide groups is 12. The van der Waals surface area contributed by atoms with E-state index in [0.29, 0.717) is 101 Å². The fraction of sp³-hybridized carbons (Fsp3) is 0.517. The summed E-state index contributed by atoms with van der Waals surface area (Å²) in [6.07, 6.45) is 19.3. The largest absolute Gasteiger partial charge is 0.477 e. The fourth-order valence-electron chi connectivity index (χ4n) is 13.7.